The van der Waals surface area contributed by atoms with Crippen LogP contribution in [-0.4, -0.2) is 42.4 Å². The molecule has 0 spiro atoms. The minimum atomic E-state index is -3.91. The molecular formula is C32H34N4O4SSi. The molecule has 42 heavy (non-hydrogen) atoms. The van der Waals surface area contributed by atoms with Crippen LogP contribution >= 0.6 is 0 Å². The molecule has 0 N–H and O–H groups in total. The summed E-state index contributed by atoms with van der Waals surface area (Å²) < 4.78 is 36.4. The van der Waals surface area contributed by atoms with Crippen molar-refractivity contribution in [2.24, 2.45) is 0 Å². The Morgan fingerprint density at radius 3 is 2.38 bits per heavy atom. The number of aromatic nitrogens is 3. The third-order valence-electron chi connectivity index (χ3n) is 7.42. The molecule has 0 unspecified atom stereocenters. The van der Waals surface area contributed by atoms with Crippen LogP contribution in [0.25, 0.3) is 21.9 Å². The van der Waals surface area contributed by atoms with E-state index >= 15 is 0 Å². The topological polar surface area (TPSA) is 107 Å². The Hall–Kier alpha value is -4.04. The van der Waals surface area contributed by atoms with Gasteiger partial charge in [0.15, 0.2) is 5.82 Å². The van der Waals surface area contributed by atoms with E-state index < -0.39 is 18.1 Å². The number of fused-ring (bicyclic) bond motifs is 2. The van der Waals surface area contributed by atoms with Gasteiger partial charge in [-0.2, -0.15) is 5.26 Å². The summed E-state index contributed by atoms with van der Waals surface area (Å²) in [6.07, 6.45) is 1.50. The molecule has 3 aromatic carbocycles. The molecule has 0 atom stereocenters. The van der Waals surface area contributed by atoms with Gasteiger partial charge in [0.2, 0.25) is 5.78 Å². The van der Waals surface area contributed by atoms with E-state index in [2.05, 4.69) is 30.7 Å². The minimum absolute atomic E-state index is 0.130. The van der Waals surface area contributed by atoms with Crippen LogP contribution in [-0.2, 0) is 21.5 Å². The van der Waals surface area contributed by atoms with Gasteiger partial charge in [0.1, 0.15) is 6.73 Å². The summed E-state index contributed by atoms with van der Waals surface area (Å²) >= 11 is 0. The van der Waals surface area contributed by atoms with Gasteiger partial charge in [-0.1, -0.05) is 43.4 Å². The van der Waals surface area contributed by atoms with Crippen LogP contribution in [0.4, 0.5) is 0 Å². The Bertz CT molecular complexity index is 1990. The van der Waals surface area contributed by atoms with Gasteiger partial charge in [-0.25, -0.2) is 17.4 Å². The van der Waals surface area contributed by atoms with Gasteiger partial charge in [0.05, 0.1) is 33.1 Å². The van der Waals surface area contributed by atoms with E-state index in [9.17, 15) is 18.5 Å². The van der Waals surface area contributed by atoms with E-state index in [1.54, 1.807) is 53.1 Å². The first-order valence-electron chi connectivity index (χ1n) is 13.8. The molecular weight excluding hydrogens is 565 g/mol. The van der Waals surface area contributed by atoms with E-state index in [1.165, 1.54) is 10.2 Å². The van der Waals surface area contributed by atoms with Crippen molar-refractivity contribution in [1.29, 1.82) is 5.26 Å². The number of carbonyl (C=O) groups excluding carboxylic acids is 1. The van der Waals surface area contributed by atoms with Gasteiger partial charge >= 0.3 is 0 Å². The maximum Gasteiger partial charge on any atom is 0.268 e. The lowest BCUT2D eigenvalue weighted by Crippen LogP contribution is -2.22. The number of hydrogen-bond donors (Lipinski definition) is 0. The molecule has 0 saturated carbocycles. The normalized spacial score (nSPS) is 12.2. The van der Waals surface area contributed by atoms with Crippen molar-refractivity contribution < 1.29 is 17.9 Å². The van der Waals surface area contributed by atoms with Crippen molar-refractivity contribution in [2.75, 3.05) is 6.61 Å². The molecule has 0 radical (unpaired) electrons. The Morgan fingerprint density at radius 2 is 1.71 bits per heavy atom. The number of nitriles is 1. The summed E-state index contributed by atoms with van der Waals surface area (Å²) in [4.78, 5) is 19.2. The fraction of sp³-hybridized carbons (Fsp3) is 0.281. The lowest BCUT2D eigenvalue weighted by atomic mass is 9.97. The molecule has 0 saturated heterocycles. The van der Waals surface area contributed by atoms with Gasteiger partial charge in [-0.3, -0.25) is 9.36 Å². The summed E-state index contributed by atoms with van der Waals surface area (Å²) in [6.45, 7) is 13.1. The van der Waals surface area contributed by atoms with Crippen molar-refractivity contribution >= 4 is 45.8 Å². The van der Waals surface area contributed by atoms with Crippen molar-refractivity contribution in [3.8, 4) is 6.07 Å². The number of imidazole rings is 1. The van der Waals surface area contributed by atoms with Crippen LogP contribution in [0.2, 0.25) is 25.7 Å². The summed E-state index contributed by atoms with van der Waals surface area (Å²) in [5.41, 5.74) is 4.89. The summed E-state index contributed by atoms with van der Waals surface area (Å²) in [6, 6.07) is 18.5. The molecule has 8 nitrogen and oxygen atoms in total. The molecule has 5 aromatic rings. The van der Waals surface area contributed by atoms with Crippen molar-refractivity contribution in [3.05, 3.63) is 94.4 Å². The van der Waals surface area contributed by atoms with Crippen LogP contribution in [0.1, 0.15) is 38.4 Å². The number of hydrogen-bond acceptors (Lipinski definition) is 6. The van der Waals surface area contributed by atoms with Gasteiger partial charge < -0.3 is 4.74 Å². The number of ether oxygens (including phenoxy) is 1. The van der Waals surface area contributed by atoms with Crippen LogP contribution in [0, 0.1) is 32.1 Å². The van der Waals surface area contributed by atoms with Crippen molar-refractivity contribution in [1.82, 2.24) is 13.5 Å². The maximum absolute atomic E-state index is 14.3. The standard InChI is InChI=1S/C32H34N4O4SSi/c1-21-7-10-25(11-8-21)41(38,39)36-14-13-26-29(22(2)17-23(3)30(26)36)31(37)32-34-27-18-24(19-33)9-12-28(27)35(32)20-40-15-16-42(4,5)6/h7-14,17-18H,15-16,20H2,1-6H3. The van der Waals surface area contributed by atoms with Crippen LogP contribution < -0.4 is 0 Å². The zero-order valence-electron chi connectivity index (χ0n) is 24.7. The predicted molar refractivity (Wildman–Crippen MR) is 167 cm³/mol. The Labute approximate surface area is 247 Å². The minimum Gasteiger partial charge on any atom is -0.361 e. The summed E-state index contributed by atoms with van der Waals surface area (Å²) in [7, 11) is -5.23. The van der Waals surface area contributed by atoms with Crippen LogP contribution in [0.15, 0.2) is 65.7 Å². The fourth-order valence-electron chi connectivity index (χ4n) is 5.15. The molecule has 0 aliphatic rings. The van der Waals surface area contributed by atoms with E-state index in [0.717, 1.165) is 17.2 Å². The van der Waals surface area contributed by atoms with E-state index in [4.69, 9.17) is 4.74 Å². The second-order valence-electron chi connectivity index (χ2n) is 11.9. The average molecular weight is 599 g/mol. The SMILES string of the molecule is Cc1ccc(S(=O)(=O)n2ccc3c(C(=O)c4nc5cc(C#N)ccc5n4COCC[Si](C)(C)C)c(C)cc(C)c32)cc1. The lowest BCUT2D eigenvalue weighted by Gasteiger charge is -2.17. The highest BCUT2D eigenvalue weighted by Crippen LogP contribution is 2.32. The lowest BCUT2D eigenvalue weighted by molar-refractivity contribution is 0.0835. The maximum atomic E-state index is 14.3. The molecule has 0 aliphatic carbocycles. The van der Waals surface area contributed by atoms with Crippen molar-refractivity contribution in [3.63, 3.8) is 0 Å². The number of ketones is 1. The molecule has 2 heterocycles. The largest absolute Gasteiger partial charge is 0.361 e. The zero-order valence-corrected chi connectivity index (χ0v) is 26.5. The van der Waals surface area contributed by atoms with E-state index in [1.807, 2.05) is 26.8 Å². The molecule has 0 bridgehead atoms. The van der Waals surface area contributed by atoms with Crippen LogP contribution in [0.3, 0.4) is 0 Å². The molecule has 2 aromatic heterocycles. The molecule has 216 valence electrons. The van der Waals surface area contributed by atoms with E-state index in [0.29, 0.717) is 45.2 Å². The summed E-state index contributed by atoms with van der Waals surface area (Å²) in [5, 5.41) is 9.96. The first-order valence-corrected chi connectivity index (χ1v) is 18.9. The van der Waals surface area contributed by atoms with Crippen molar-refractivity contribution in [2.45, 2.75) is 58.1 Å². The Kier molecular flexibility index (Phi) is 7.70. The molecule has 10 heteroatoms. The quantitative estimate of drug-likeness (QED) is 0.108. The number of benzene rings is 3. The second kappa shape index (κ2) is 11.0. The third kappa shape index (κ3) is 5.43. The zero-order chi connectivity index (χ0) is 30.4. The fourth-order valence-corrected chi connectivity index (χ4v) is 7.32. The Morgan fingerprint density at radius 1 is 1.00 bits per heavy atom. The number of rotatable bonds is 9. The number of aryl methyl sites for hydroxylation is 3. The number of nitrogens with zero attached hydrogens (tertiary/aromatic N) is 4. The highest BCUT2D eigenvalue weighted by atomic mass is 32.2. The molecule has 5 rings (SSSR count). The molecule has 0 fully saturated rings. The van der Waals surface area contributed by atoms with Gasteiger partial charge in [-0.15, -0.1) is 0 Å². The highest BCUT2D eigenvalue weighted by molar-refractivity contribution is 7.90. The molecule has 0 aliphatic heterocycles. The monoisotopic (exact) mass is 598 g/mol. The third-order valence-corrected chi connectivity index (χ3v) is 10.8. The van der Waals surface area contributed by atoms with E-state index in [-0.39, 0.29) is 23.2 Å². The highest BCUT2D eigenvalue weighted by Gasteiger charge is 2.27. The number of carbonyl (C=O) groups is 1. The molecule has 0 amide bonds. The average Bonchev–Trinajstić information content (AvgIpc) is 3.53. The Balaban J connectivity index is 1.64. The predicted octanol–water partition coefficient (Wildman–Crippen LogP) is 6.57. The van der Waals surface area contributed by atoms with Gasteiger partial charge in [0.25, 0.3) is 10.0 Å². The van der Waals surface area contributed by atoms with Gasteiger partial charge in [-0.05, 0) is 74.3 Å². The summed E-state index contributed by atoms with van der Waals surface area (Å²) in [5.74, 6) is -0.165. The first-order chi connectivity index (χ1) is 19.8. The van der Waals surface area contributed by atoms with Crippen LogP contribution in [0.5, 0.6) is 0 Å². The first kappa shape index (κ1) is 29.4. The second-order valence-corrected chi connectivity index (χ2v) is 19.4. The smallest absolute Gasteiger partial charge is 0.268 e. The van der Waals surface area contributed by atoms with Gasteiger partial charge in [0, 0.05) is 31.8 Å².